The molecule has 2 aromatic carbocycles. The van der Waals surface area contributed by atoms with Crippen LogP contribution in [0.5, 0.6) is 0 Å². The van der Waals surface area contributed by atoms with Crippen molar-refractivity contribution in [2.45, 2.75) is 25.7 Å². The third-order valence-corrected chi connectivity index (χ3v) is 4.60. The van der Waals surface area contributed by atoms with Crippen molar-refractivity contribution in [1.29, 1.82) is 0 Å². The number of nitrogen functional groups attached to an aromatic ring is 1. The highest BCUT2D eigenvalue weighted by Gasteiger charge is 2.16. The van der Waals surface area contributed by atoms with Gasteiger partial charge in [-0.15, -0.1) is 0 Å². The first-order valence-corrected chi connectivity index (χ1v) is 7.74. The minimum atomic E-state index is -3.62. The Balaban J connectivity index is 2.40. The van der Waals surface area contributed by atoms with Gasteiger partial charge in [0.1, 0.15) is 0 Å². The highest BCUT2D eigenvalue weighted by atomic mass is 32.2. The molecule has 5 heteroatoms. The van der Waals surface area contributed by atoms with Gasteiger partial charge in [0, 0.05) is 0 Å². The number of anilines is 2. The highest BCUT2D eigenvalue weighted by Crippen LogP contribution is 2.24. The Morgan fingerprint density at radius 3 is 2.30 bits per heavy atom. The topological polar surface area (TPSA) is 72.2 Å². The van der Waals surface area contributed by atoms with Crippen molar-refractivity contribution in [1.82, 2.24) is 0 Å². The lowest BCUT2D eigenvalue weighted by Crippen LogP contribution is -2.14. The van der Waals surface area contributed by atoms with E-state index < -0.39 is 10.0 Å². The fourth-order valence-electron chi connectivity index (χ4n) is 1.84. The zero-order valence-corrected chi connectivity index (χ0v) is 12.6. The van der Waals surface area contributed by atoms with Crippen molar-refractivity contribution in [3.8, 4) is 0 Å². The Kier molecular flexibility index (Phi) is 3.72. The number of nitrogens with one attached hydrogen (secondary N) is 1. The molecule has 0 amide bonds. The average Bonchev–Trinajstić information content (AvgIpc) is 2.36. The third kappa shape index (κ3) is 2.93. The molecule has 0 radical (unpaired) electrons. The SMILES string of the molecule is Cc1ccc(N)c(NS(=O)(=O)c2ccc(C)c(C)c2)c1. The monoisotopic (exact) mass is 290 g/mol. The van der Waals surface area contributed by atoms with Gasteiger partial charge in [0.05, 0.1) is 16.3 Å². The largest absolute Gasteiger partial charge is 0.397 e. The second-order valence-electron chi connectivity index (χ2n) is 4.94. The molecule has 0 atom stereocenters. The summed E-state index contributed by atoms with van der Waals surface area (Å²) in [5.74, 6) is 0. The van der Waals surface area contributed by atoms with E-state index in [4.69, 9.17) is 5.73 Å². The molecule has 2 aromatic rings. The van der Waals surface area contributed by atoms with Gasteiger partial charge in [-0.3, -0.25) is 4.72 Å². The van der Waals surface area contributed by atoms with Crippen LogP contribution in [-0.4, -0.2) is 8.42 Å². The van der Waals surface area contributed by atoms with Crippen molar-refractivity contribution in [3.05, 3.63) is 53.1 Å². The van der Waals surface area contributed by atoms with Gasteiger partial charge < -0.3 is 5.73 Å². The highest BCUT2D eigenvalue weighted by molar-refractivity contribution is 7.92. The van der Waals surface area contributed by atoms with Crippen LogP contribution in [0.1, 0.15) is 16.7 Å². The van der Waals surface area contributed by atoms with Gasteiger partial charge in [0.15, 0.2) is 0 Å². The third-order valence-electron chi connectivity index (χ3n) is 3.24. The molecule has 4 nitrogen and oxygen atoms in total. The maximum absolute atomic E-state index is 12.4. The first-order valence-electron chi connectivity index (χ1n) is 6.26. The average molecular weight is 290 g/mol. The van der Waals surface area contributed by atoms with Crippen molar-refractivity contribution in [3.63, 3.8) is 0 Å². The Hall–Kier alpha value is -2.01. The molecule has 3 N–H and O–H groups in total. The van der Waals surface area contributed by atoms with Crippen LogP contribution in [-0.2, 0) is 10.0 Å². The number of nitrogens with two attached hydrogens (primary N) is 1. The van der Waals surface area contributed by atoms with Gasteiger partial charge in [0.25, 0.3) is 10.0 Å². The maximum atomic E-state index is 12.4. The van der Waals surface area contributed by atoms with Crippen LogP contribution >= 0.6 is 0 Å². The van der Waals surface area contributed by atoms with E-state index in [0.717, 1.165) is 16.7 Å². The van der Waals surface area contributed by atoms with E-state index in [1.165, 1.54) is 0 Å². The summed E-state index contributed by atoms with van der Waals surface area (Å²) in [5, 5.41) is 0. The minimum absolute atomic E-state index is 0.238. The van der Waals surface area contributed by atoms with Gasteiger partial charge in [-0.2, -0.15) is 0 Å². The molecule has 0 heterocycles. The van der Waals surface area contributed by atoms with E-state index >= 15 is 0 Å². The van der Waals surface area contributed by atoms with Crippen molar-refractivity contribution >= 4 is 21.4 Å². The van der Waals surface area contributed by atoms with E-state index in [1.807, 2.05) is 26.8 Å². The minimum Gasteiger partial charge on any atom is -0.397 e. The normalized spacial score (nSPS) is 11.3. The van der Waals surface area contributed by atoms with Gasteiger partial charge in [-0.25, -0.2) is 8.42 Å². The molecule has 0 aromatic heterocycles. The zero-order valence-electron chi connectivity index (χ0n) is 11.8. The van der Waals surface area contributed by atoms with E-state index in [9.17, 15) is 8.42 Å². The summed E-state index contributed by atoms with van der Waals surface area (Å²) in [6.07, 6.45) is 0. The zero-order chi connectivity index (χ0) is 14.9. The number of hydrogen-bond donors (Lipinski definition) is 2. The van der Waals surface area contributed by atoms with Crippen LogP contribution in [0.4, 0.5) is 11.4 Å². The number of rotatable bonds is 3. The first-order chi connectivity index (χ1) is 9.29. The van der Waals surface area contributed by atoms with Crippen LogP contribution in [0.2, 0.25) is 0 Å². The molecule has 0 bridgehead atoms. The molecule has 0 spiro atoms. The van der Waals surface area contributed by atoms with Gasteiger partial charge >= 0.3 is 0 Å². The molecule has 0 saturated heterocycles. The summed E-state index contributed by atoms with van der Waals surface area (Å²) in [6.45, 7) is 5.71. The Morgan fingerprint density at radius 1 is 0.950 bits per heavy atom. The number of hydrogen-bond acceptors (Lipinski definition) is 3. The van der Waals surface area contributed by atoms with Gasteiger partial charge in [-0.05, 0) is 61.7 Å². The first kappa shape index (κ1) is 14.4. The van der Waals surface area contributed by atoms with Crippen LogP contribution in [0, 0.1) is 20.8 Å². The van der Waals surface area contributed by atoms with Crippen molar-refractivity contribution in [2.75, 3.05) is 10.5 Å². The molecule has 0 unspecified atom stereocenters. The van der Waals surface area contributed by atoms with Gasteiger partial charge in [0.2, 0.25) is 0 Å². The standard InChI is InChI=1S/C15H18N2O2S/c1-10-4-7-14(16)15(8-10)17-20(18,19)13-6-5-11(2)12(3)9-13/h4-9,17H,16H2,1-3H3. The lowest BCUT2D eigenvalue weighted by atomic mass is 10.1. The van der Waals surface area contributed by atoms with E-state index in [0.29, 0.717) is 11.4 Å². The Labute approximate surface area is 119 Å². The summed E-state index contributed by atoms with van der Waals surface area (Å²) < 4.78 is 27.3. The number of aryl methyl sites for hydroxylation is 3. The molecule has 0 aliphatic carbocycles. The van der Waals surface area contributed by atoms with Crippen LogP contribution < -0.4 is 10.5 Å². The molecule has 0 aliphatic heterocycles. The van der Waals surface area contributed by atoms with Crippen LogP contribution in [0.25, 0.3) is 0 Å². The Morgan fingerprint density at radius 2 is 1.65 bits per heavy atom. The maximum Gasteiger partial charge on any atom is 0.261 e. The fraction of sp³-hybridized carbons (Fsp3) is 0.200. The van der Waals surface area contributed by atoms with Crippen LogP contribution in [0.15, 0.2) is 41.3 Å². The molecule has 20 heavy (non-hydrogen) atoms. The Bertz CT molecular complexity index is 752. The number of sulfonamides is 1. The van der Waals surface area contributed by atoms with E-state index in [1.54, 1.807) is 30.3 Å². The van der Waals surface area contributed by atoms with Crippen LogP contribution in [0.3, 0.4) is 0 Å². The lowest BCUT2D eigenvalue weighted by Gasteiger charge is -2.12. The molecule has 0 saturated carbocycles. The summed E-state index contributed by atoms with van der Waals surface area (Å²) in [4.78, 5) is 0.238. The summed E-state index contributed by atoms with van der Waals surface area (Å²) >= 11 is 0. The lowest BCUT2D eigenvalue weighted by molar-refractivity contribution is 0.601. The number of benzene rings is 2. The molecular formula is C15H18N2O2S. The van der Waals surface area contributed by atoms with E-state index in [2.05, 4.69) is 4.72 Å². The second kappa shape index (κ2) is 5.17. The van der Waals surface area contributed by atoms with E-state index in [-0.39, 0.29) is 4.90 Å². The summed E-state index contributed by atoms with van der Waals surface area (Å²) in [7, 11) is -3.62. The molecule has 106 valence electrons. The molecular weight excluding hydrogens is 272 g/mol. The predicted octanol–water partition coefficient (Wildman–Crippen LogP) is 2.99. The molecule has 0 fully saturated rings. The van der Waals surface area contributed by atoms with Crippen molar-refractivity contribution < 1.29 is 8.42 Å². The quantitative estimate of drug-likeness (QED) is 0.854. The summed E-state index contributed by atoms with van der Waals surface area (Å²) in [5.41, 5.74) is 9.54. The molecule has 2 rings (SSSR count). The smallest absolute Gasteiger partial charge is 0.261 e. The predicted molar refractivity (Wildman–Crippen MR) is 82.3 cm³/mol. The van der Waals surface area contributed by atoms with Gasteiger partial charge in [-0.1, -0.05) is 12.1 Å². The molecule has 0 aliphatic rings. The summed E-state index contributed by atoms with van der Waals surface area (Å²) in [6, 6.07) is 10.3. The fourth-order valence-corrected chi connectivity index (χ4v) is 3.01. The second-order valence-corrected chi connectivity index (χ2v) is 6.62. The van der Waals surface area contributed by atoms with Crippen molar-refractivity contribution in [2.24, 2.45) is 0 Å².